The highest BCUT2D eigenvalue weighted by atomic mass is 16.5. The van der Waals surface area contributed by atoms with Gasteiger partial charge in [-0.05, 0) is 26.7 Å². The van der Waals surface area contributed by atoms with Crippen LogP contribution < -0.4 is 5.73 Å². The SMILES string of the molecule is C[C@@H]1CC(c2cc(N)n(C)n2)C[C@H](C)O1. The van der Waals surface area contributed by atoms with E-state index in [4.69, 9.17) is 10.5 Å². The summed E-state index contributed by atoms with van der Waals surface area (Å²) in [5.41, 5.74) is 6.89. The summed E-state index contributed by atoms with van der Waals surface area (Å²) in [5.74, 6) is 1.23. The number of nitrogens with zero attached hydrogens (tertiary/aromatic N) is 2. The average molecular weight is 209 g/mol. The third-order valence-corrected chi connectivity index (χ3v) is 3.05. The lowest BCUT2D eigenvalue weighted by Crippen LogP contribution is -2.28. The Morgan fingerprint density at radius 2 is 2.00 bits per heavy atom. The van der Waals surface area contributed by atoms with Gasteiger partial charge < -0.3 is 10.5 Å². The number of nitrogen functional groups attached to an aromatic ring is 1. The molecule has 0 saturated carbocycles. The molecule has 84 valence electrons. The average Bonchev–Trinajstić information content (AvgIpc) is 2.45. The fourth-order valence-electron chi connectivity index (χ4n) is 2.35. The second kappa shape index (κ2) is 3.85. The normalized spacial score (nSPS) is 31.8. The van der Waals surface area contributed by atoms with Crippen molar-refractivity contribution in [2.75, 3.05) is 5.73 Å². The lowest BCUT2D eigenvalue weighted by Gasteiger charge is -2.31. The Morgan fingerprint density at radius 1 is 1.40 bits per heavy atom. The quantitative estimate of drug-likeness (QED) is 0.765. The molecular weight excluding hydrogens is 190 g/mol. The van der Waals surface area contributed by atoms with Crippen molar-refractivity contribution >= 4 is 5.82 Å². The number of aryl methyl sites for hydroxylation is 1. The summed E-state index contributed by atoms with van der Waals surface area (Å²) < 4.78 is 7.45. The molecule has 1 saturated heterocycles. The van der Waals surface area contributed by atoms with Crippen molar-refractivity contribution in [3.05, 3.63) is 11.8 Å². The predicted octanol–water partition coefficient (Wildman–Crippen LogP) is 1.67. The van der Waals surface area contributed by atoms with Crippen LogP contribution in [-0.2, 0) is 11.8 Å². The van der Waals surface area contributed by atoms with Gasteiger partial charge >= 0.3 is 0 Å². The maximum absolute atomic E-state index is 5.79. The fraction of sp³-hybridized carbons (Fsp3) is 0.727. The van der Waals surface area contributed by atoms with Crippen LogP contribution in [-0.4, -0.2) is 22.0 Å². The minimum atomic E-state index is 0.321. The molecule has 2 rings (SSSR count). The van der Waals surface area contributed by atoms with E-state index in [9.17, 15) is 0 Å². The molecule has 0 amide bonds. The standard InChI is InChI=1S/C11H19N3O/c1-7-4-9(5-8(2)15-7)10-6-11(12)14(3)13-10/h6-9H,4-5,12H2,1-3H3/t7-,8+,9?. The smallest absolute Gasteiger partial charge is 0.121 e. The van der Waals surface area contributed by atoms with Crippen molar-refractivity contribution in [3.63, 3.8) is 0 Å². The zero-order valence-corrected chi connectivity index (χ0v) is 9.60. The molecule has 1 aliphatic heterocycles. The molecule has 0 radical (unpaired) electrons. The van der Waals surface area contributed by atoms with Gasteiger partial charge in [-0.25, -0.2) is 0 Å². The molecule has 3 atom stereocenters. The topological polar surface area (TPSA) is 53.1 Å². The van der Waals surface area contributed by atoms with Gasteiger partial charge in [-0.15, -0.1) is 0 Å². The molecule has 0 aromatic carbocycles. The van der Waals surface area contributed by atoms with E-state index < -0.39 is 0 Å². The monoisotopic (exact) mass is 209 g/mol. The van der Waals surface area contributed by atoms with Crippen LogP contribution in [0.25, 0.3) is 0 Å². The van der Waals surface area contributed by atoms with Crippen LogP contribution in [0.1, 0.15) is 38.3 Å². The molecule has 2 N–H and O–H groups in total. The molecule has 0 aliphatic carbocycles. The van der Waals surface area contributed by atoms with E-state index in [1.807, 2.05) is 13.1 Å². The molecule has 1 unspecified atom stereocenters. The first-order chi connectivity index (χ1) is 7.06. The van der Waals surface area contributed by atoms with E-state index in [1.54, 1.807) is 4.68 Å². The van der Waals surface area contributed by atoms with Gasteiger partial charge in [0.1, 0.15) is 5.82 Å². The highest BCUT2D eigenvalue weighted by Crippen LogP contribution is 2.32. The van der Waals surface area contributed by atoms with Crippen molar-refractivity contribution in [2.45, 2.75) is 44.8 Å². The number of hydrogen-bond donors (Lipinski definition) is 1. The number of anilines is 1. The largest absolute Gasteiger partial charge is 0.384 e. The van der Waals surface area contributed by atoms with Gasteiger partial charge in [-0.3, -0.25) is 4.68 Å². The summed E-state index contributed by atoms with van der Waals surface area (Å²) >= 11 is 0. The van der Waals surface area contributed by atoms with E-state index >= 15 is 0 Å². The minimum Gasteiger partial charge on any atom is -0.384 e. The van der Waals surface area contributed by atoms with Crippen LogP contribution in [0, 0.1) is 0 Å². The second-order valence-corrected chi connectivity index (χ2v) is 4.54. The molecule has 2 heterocycles. The van der Waals surface area contributed by atoms with Crippen molar-refractivity contribution in [1.82, 2.24) is 9.78 Å². The Kier molecular flexibility index (Phi) is 2.69. The van der Waals surface area contributed by atoms with Crippen molar-refractivity contribution in [3.8, 4) is 0 Å². The molecule has 1 fully saturated rings. The third-order valence-electron chi connectivity index (χ3n) is 3.05. The van der Waals surface area contributed by atoms with E-state index in [0.717, 1.165) is 24.4 Å². The van der Waals surface area contributed by atoms with Gasteiger partial charge in [0.25, 0.3) is 0 Å². The number of nitrogens with two attached hydrogens (primary N) is 1. The molecule has 4 nitrogen and oxygen atoms in total. The second-order valence-electron chi connectivity index (χ2n) is 4.54. The van der Waals surface area contributed by atoms with Gasteiger partial charge in [0, 0.05) is 19.0 Å². The third kappa shape index (κ3) is 2.15. The Bertz CT molecular complexity index is 318. The Labute approximate surface area is 90.4 Å². The van der Waals surface area contributed by atoms with Gasteiger partial charge in [-0.1, -0.05) is 0 Å². The summed E-state index contributed by atoms with van der Waals surface area (Å²) in [5, 5.41) is 4.44. The Balaban J connectivity index is 2.16. The van der Waals surface area contributed by atoms with Crippen LogP contribution in [0.2, 0.25) is 0 Å². The molecule has 1 aromatic heterocycles. The highest BCUT2D eigenvalue weighted by molar-refractivity contribution is 5.32. The zero-order chi connectivity index (χ0) is 11.0. The zero-order valence-electron chi connectivity index (χ0n) is 9.60. The first-order valence-electron chi connectivity index (χ1n) is 5.51. The van der Waals surface area contributed by atoms with Gasteiger partial charge in [0.05, 0.1) is 17.9 Å². The van der Waals surface area contributed by atoms with Crippen LogP contribution in [0.5, 0.6) is 0 Å². The maximum Gasteiger partial charge on any atom is 0.121 e. The van der Waals surface area contributed by atoms with Crippen LogP contribution >= 0.6 is 0 Å². The molecule has 0 bridgehead atoms. The van der Waals surface area contributed by atoms with Crippen LogP contribution in [0.3, 0.4) is 0 Å². The van der Waals surface area contributed by atoms with Crippen molar-refractivity contribution < 1.29 is 4.74 Å². The molecule has 1 aliphatic rings. The van der Waals surface area contributed by atoms with Gasteiger partial charge in [-0.2, -0.15) is 5.10 Å². The maximum atomic E-state index is 5.79. The Hall–Kier alpha value is -1.03. The molecule has 0 spiro atoms. The van der Waals surface area contributed by atoms with Crippen molar-refractivity contribution in [2.24, 2.45) is 7.05 Å². The van der Waals surface area contributed by atoms with Crippen molar-refractivity contribution in [1.29, 1.82) is 0 Å². The summed E-state index contributed by atoms with van der Waals surface area (Å²) in [4.78, 5) is 0. The fourth-order valence-corrected chi connectivity index (χ4v) is 2.35. The van der Waals surface area contributed by atoms with E-state index in [-0.39, 0.29) is 0 Å². The van der Waals surface area contributed by atoms with Gasteiger partial charge in [0.2, 0.25) is 0 Å². The van der Waals surface area contributed by atoms with E-state index in [1.165, 1.54) is 0 Å². The number of aromatic nitrogens is 2. The minimum absolute atomic E-state index is 0.321. The molecule has 15 heavy (non-hydrogen) atoms. The molecule has 1 aromatic rings. The number of hydrogen-bond acceptors (Lipinski definition) is 3. The summed E-state index contributed by atoms with van der Waals surface area (Å²) in [6.45, 7) is 4.24. The van der Waals surface area contributed by atoms with Crippen LogP contribution in [0.15, 0.2) is 6.07 Å². The Morgan fingerprint density at radius 3 is 2.47 bits per heavy atom. The number of ether oxygens (including phenoxy) is 1. The summed E-state index contributed by atoms with van der Waals surface area (Å²) in [6.07, 6.45) is 2.73. The number of rotatable bonds is 1. The van der Waals surface area contributed by atoms with Crippen LogP contribution in [0.4, 0.5) is 5.82 Å². The summed E-state index contributed by atoms with van der Waals surface area (Å²) in [6, 6.07) is 1.98. The van der Waals surface area contributed by atoms with E-state index in [2.05, 4.69) is 18.9 Å². The predicted molar refractivity (Wildman–Crippen MR) is 59.6 cm³/mol. The lowest BCUT2D eigenvalue weighted by atomic mass is 9.90. The van der Waals surface area contributed by atoms with E-state index in [0.29, 0.717) is 18.1 Å². The molecular formula is C11H19N3O. The lowest BCUT2D eigenvalue weighted by molar-refractivity contribution is -0.0385. The first kappa shape index (κ1) is 10.5. The summed E-state index contributed by atoms with van der Waals surface area (Å²) in [7, 11) is 1.88. The highest BCUT2D eigenvalue weighted by Gasteiger charge is 2.27. The molecule has 4 heteroatoms. The van der Waals surface area contributed by atoms with Gasteiger partial charge in [0.15, 0.2) is 0 Å². The first-order valence-corrected chi connectivity index (χ1v) is 5.51.